The van der Waals surface area contributed by atoms with Crippen LogP contribution < -0.4 is 15.4 Å². The van der Waals surface area contributed by atoms with Gasteiger partial charge in [-0.1, -0.05) is 12.1 Å². The van der Waals surface area contributed by atoms with Gasteiger partial charge in [-0.15, -0.1) is 24.8 Å². The summed E-state index contributed by atoms with van der Waals surface area (Å²) in [4.78, 5) is 15.0. The maximum atomic E-state index is 12.6. The van der Waals surface area contributed by atoms with Gasteiger partial charge in [0.1, 0.15) is 11.8 Å². The minimum Gasteiger partial charge on any atom is -0.497 e. The summed E-state index contributed by atoms with van der Waals surface area (Å²) in [7, 11) is 1.67. The van der Waals surface area contributed by atoms with Crippen molar-refractivity contribution in [1.29, 1.82) is 0 Å². The summed E-state index contributed by atoms with van der Waals surface area (Å²) >= 11 is 0. The van der Waals surface area contributed by atoms with E-state index in [2.05, 4.69) is 27.7 Å². The Hall–Kier alpha value is -1.05. The van der Waals surface area contributed by atoms with Crippen molar-refractivity contribution in [3.8, 4) is 5.75 Å². The number of hydrogen-bond acceptors (Lipinski definition) is 5. The Morgan fingerprint density at radius 1 is 1.30 bits per heavy atom. The van der Waals surface area contributed by atoms with E-state index in [4.69, 9.17) is 9.47 Å². The van der Waals surface area contributed by atoms with Gasteiger partial charge in [0.2, 0.25) is 5.91 Å². The fourth-order valence-electron chi connectivity index (χ4n) is 3.67. The fourth-order valence-corrected chi connectivity index (χ4v) is 3.67. The lowest BCUT2D eigenvalue weighted by Gasteiger charge is -2.32. The van der Waals surface area contributed by atoms with Crippen LogP contribution in [-0.4, -0.2) is 62.8 Å². The number of nitrogens with one attached hydrogen (secondary N) is 2. The molecule has 0 aromatic heterocycles. The summed E-state index contributed by atoms with van der Waals surface area (Å²) in [5.41, 5.74) is 1.21. The van der Waals surface area contributed by atoms with Gasteiger partial charge in [-0.05, 0) is 50.6 Å². The van der Waals surface area contributed by atoms with Gasteiger partial charge in [-0.3, -0.25) is 9.69 Å². The van der Waals surface area contributed by atoms with Crippen molar-refractivity contribution in [2.75, 3.05) is 39.9 Å². The van der Waals surface area contributed by atoms with Gasteiger partial charge in [0.25, 0.3) is 0 Å². The van der Waals surface area contributed by atoms with E-state index < -0.39 is 0 Å². The van der Waals surface area contributed by atoms with E-state index in [9.17, 15) is 4.79 Å². The van der Waals surface area contributed by atoms with Crippen LogP contribution in [0.4, 0.5) is 0 Å². The molecule has 1 aromatic carbocycles. The van der Waals surface area contributed by atoms with Gasteiger partial charge in [0.15, 0.2) is 0 Å². The number of likely N-dealkylation sites (tertiary alicyclic amines) is 1. The van der Waals surface area contributed by atoms with E-state index in [-0.39, 0.29) is 48.9 Å². The standard InChI is InChI=1S/C19H29N3O3.2ClH/c1-14-18(20-9-12-25-14)19(23)21-13-17(22-10-3-4-11-22)15-5-7-16(24-2)8-6-15;;/h5-8,14,17-18,20H,3-4,9-13H2,1-2H3,(H,21,23);2*1H/t14-,17?,18+;;/m1../s1. The molecule has 0 aliphatic carbocycles. The van der Waals surface area contributed by atoms with Crippen LogP contribution in [0.1, 0.15) is 31.4 Å². The average molecular weight is 420 g/mol. The van der Waals surface area contributed by atoms with Gasteiger partial charge >= 0.3 is 0 Å². The van der Waals surface area contributed by atoms with Gasteiger partial charge in [-0.2, -0.15) is 0 Å². The minimum absolute atomic E-state index is 0. The highest BCUT2D eigenvalue weighted by Gasteiger charge is 2.30. The van der Waals surface area contributed by atoms with Crippen LogP contribution in [0, 0.1) is 0 Å². The summed E-state index contributed by atoms with van der Waals surface area (Å²) in [5, 5.41) is 6.38. The van der Waals surface area contributed by atoms with Crippen molar-refractivity contribution in [2.24, 2.45) is 0 Å². The zero-order valence-corrected chi connectivity index (χ0v) is 17.6. The molecule has 154 valence electrons. The first-order chi connectivity index (χ1) is 12.2. The average Bonchev–Trinajstić information content (AvgIpc) is 3.17. The highest BCUT2D eigenvalue weighted by atomic mass is 35.5. The molecule has 2 heterocycles. The lowest BCUT2D eigenvalue weighted by molar-refractivity contribution is -0.129. The zero-order chi connectivity index (χ0) is 17.6. The third-order valence-corrected chi connectivity index (χ3v) is 5.15. The second kappa shape index (κ2) is 11.7. The second-order valence-corrected chi connectivity index (χ2v) is 6.78. The maximum absolute atomic E-state index is 12.6. The molecule has 8 heteroatoms. The van der Waals surface area contributed by atoms with Crippen molar-refractivity contribution in [3.05, 3.63) is 29.8 Å². The minimum atomic E-state index is -0.274. The topological polar surface area (TPSA) is 62.8 Å². The highest BCUT2D eigenvalue weighted by molar-refractivity contribution is 5.85. The fraction of sp³-hybridized carbons (Fsp3) is 0.632. The van der Waals surface area contributed by atoms with Crippen LogP contribution in [0.25, 0.3) is 0 Å². The lowest BCUT2D eigenvalue weighted by atomic mass is 10.0. The number of methoxy groups -OCH3 is 1. The monoisotopic (exact) mass is 419 g/mol. The van der Waals surface area contributed by atoms with E-state index in [0.29, 0.717) is 13.2 Å². The number of halogens is 2. The highest BCUT2D eigenvalue weighted by Crippen LogP contribution is 2.26. The van der Waals surface area contributed by atoms with E-state index >= 15 is 0 Å². The molecular weight excluding hydrogens is 389 g/mol. The predicted molar refractivity (Wildman–Crippen MR) is 111 cm³/mol. The molecule has 2 N–H and O–H groups in total. The number of amides is 1. The Morgan fingerprint density at radius 3 is 2.56 bits per heavy atom. The number of carbonyl (C=O) groups excluding carboxylic acids is 1. The van der Waals surface area contributed by atoms with Crippen LogP contribution in [0.15, 0.2) is 24.3 Å². The number of benzene rings is 1. The number of carbonyl (C=O) groups is 1. The van der Waals surface area contributed by atoms with E-state index in [1.54, 1.807) is 7.11 Å². The molecule has 3 atom stereocenters. The lowest BCUT2D eigenvalue weighted by Crippen LogP contribution is -2.56. The number of morpholine rings is 1. The number of ether oxygens (including phenoxy) is 2. The Balaban J connectivity index is 0.00000182. The molecule has 0 saturated carbocycles. The first-order valence-corrected chi connectivity index (χ1v) is 9.19. The third kappa shape index (κ3) is 6.22. The number of hydrogen-bond donors (Lipinski definition) is 2. The Kier molecular flexibility index (Phi) is 10.4. The SMILES string of the molecule is COc1ccc(C(CNC(=O)[C@H]2NCCO[C@@H]2C)N2CCCC2)cc1.Cl.Cl. The summed E-state index contributed by atoms with van der Waals surface area (Å²) < 4.78 is 10.8. The van der Waals surface area contributed by atoms with Gasteiger partial charge in [0.05, 0.1) is 25.9 Å². The summed E-state index contributed by atoms with van der Waals surface area (Å²) in [6.45, 7) is 6.08. The normalized spacial score (nSPS) is 23.6. The van der Waals surface area contributed by atoms with Crippen molar-refractivity contribution in [1.82, 2.24) is 15.5 Å². The van der Waals surface area contributed by atoms with E-state index in [0.717, 1.165) is 25.4 Å². The summed E-state index contributed by atoms with van der Waals surface area (Å²) in [6.07, 6.45) is 2.34. The van der Waals surface area contributed by atoms with Gasteiger partial charge in [0, 0.05) is 13.1 Å². The van der Waals surface area contributed by atoms with Crippen LogP contribution in [0.2, 0.25) is 0 Å². The Bertz CT molecular complexity index is 568. The van der Waals surface area contributed by atoms with Crippen LogP contribution >= 0.6 is 24.8 Å². The molecule has 0 radical (unpaired) electrons. The molecule has 2 aliphatic heterocycles. The molecule has 0 spiro atoms. The Labute approximate surface area is 174 Å². The largest absolute Gasteiger partial charge is 0.497 e. The molecule has 2 saturated heterocycles. The third-order valence-electron chi connectivity index (χ3n) is 5.15. The van der Waals surface area contributed by atoms with Crippen LogP contribution in [0.5, 0.6) is 5.75 Å². The first kappa shape index (κ1) is 24.0. The molecule has 6 nitrogen and oxygen atoms in total. The molecule has 27 heavy (non-hydrogen) atoms. The van der Waals surface area contributed by atoms with Crippen LogP contribution in [-0.2, 0) is 9.53 Å². The molecular formula is C19H31Cl2N3O3. The molecule has 2 fully saturated rings. The Morgan fingerprint density at radius 2 is 1.96 bits per heavy atom. The molecule has 1 amide bonds. The van der Waals surface area contributed by atoms with Crippen LogP contribution in [0.3, 0.4) is 0 Å². The summed E-state index contributed by atoms with van der Waals surface area (Å²) in [5.74, 6) is 0.871. The first-order valence-electron chi connectivity index (χ1n) is 9.19. The van der Waals surface area contributed by atoms with Gasteiger partial charge in [-0.25, -0.2) is 0 Å². The molecule has 2 aliphatic rings. The van der Waals surface area contributed by atoms with E-state index in [1.165, 1.54) is 18.4 Å². The number of nitrogens with zero attached hydrogens (tertiary/aromatic N) is 1. The zero-order valence-electron chi connectivity index (χ0n) is 16.0. The van der Waals surface area contributed by atoms with Crippen molar-refractivity contribution < 1.29 is 14.3 Å². The maximum Gasteiger partial charge on any atom is 0.239 e. The van der Waals surface area contributed by atoms with Crippen molar-refractivity contribution >= 4 is 30.7 Å². The molecule has 1 unspecified atom stereocenters. The van der Waals surface area contributed by atoms with E-state index in [1.807, 2.05) is 19.1 Å². The van der Waals surface area contributed by atoms with Crippen molar-refractivity contribution in [2.45, 2.75) is 38.0 Å². The smallest absolute Gasteiger partial charge is 0.239 e. The predicted octanol–water partition coefficient (Wildman–Crippen LogP) is 2.17. The molecule has 1 aromatic rings. The number of rotatable bonds is 6. The second-order valence-electron chi connectivity index (χ2n) is 6.78. The quantitative estimate of drug-likeness (QED) is 0.739. The van der Waals surface area contributed by atoms with Crippen molar-refractivity contribution in [3.63, 3.8) is 0 Å². The molecule has 0 bridgehead atoms. The summed E-state index contributed by atoms with van der Waals surface area (Å²) in [6, 6.07) is 8.08. The molecule has 3 rings (SSSR count). The van der Waals surface area contributed by atoms with Gasteiger partial charge < -0.3 is 20.1 Å².